The van der Waals surface area contributed by atoms with Crippen molar-refractivity contribution in [3.8, 4) is 0 Å². The number of likely N-dealkylation sites (N-methyl/N-ethyl adjacent to an activating group) is 1. The quantitative estimate of drug-likeness (QED) is 0.350. The lowest BCUT2D eigenvalue weighted by Gasteiger charge is -2.27. The van der Waals surface area contributed by atoms with Crippen molar-refractivity contribution in [2.45, 2.75) is 53.6 Å². The average molecular weight is 467 g/mol. The maximum atomic E-state index is 4.67. The lowest BCUT2D eigenvalue weighted by atomic mass is 10.0. The molecule has 7 heteroatoms. The summed E-state index contributed by atoms with van der Waals surface area (Å²) in [5, 5.41) is 7.87. The van der Waals surface area contributed by atoms with E-state index in [0.29, 0.717) is 18.5 Å². The van der Waals surface area contributed by atoms with E-state index in [0.717, 1.165) is 29.8 Å². The molecular formula is C17H34IN5S. The average Bonchev–Trinajstić information content (AvgIpc) is 2.78. The van der Waals surface area contributed by atoms with Gasteiger partial charge in [0.05, 0.1) is 12.2 Å². The second kappa shape index (κ2) is 12.0. The van der Waals surface area contributed by atoms with Crippen LogP contribution in [0.1, 0.15) is 42.8 Å². The summed E-state index contributed by atoms with van der Waals surface area (Å²) in [6, 6.07) is 0.503. The Morgan fingerprint density at radius 2 is 1.92 bits per heavy atom. The van der Waals surface area contributed by atoms with Crippen LogP contribution < -0.4 is 10.6 Å². The Balaban J connectivity index is 0.00000529. The molecule has 1 aromatic heterocycles. The van der Waals surface area contributed by atoms with E-state index in [9.17, 15) is 0 Å². The number of aliphatic imine (C=N–C) groups is 1. The fourth-order valence-electron chi connectivity index (χ4n) is 2.33. The van der Waals surface area contributed by atoms with Gasteiger partial charge in [0.15, 0.2) is 5.96 Å². The molecule has 0 spiro atoms. The van der Waals surface area contributed by atoms with Crippen LogP contribution in [-0.2, 0) is 6.54 Å². The second-order valence-corrected chi connectivity index (χ2v) is 7.86. The predicted molar refractivity (Wildman–Crippen MR) is 117 cm³/mol. The summed E-state index contributed by atoms with van der Waals surface area (Å²) in [7, 11) is 4.28. The summed E-state index contributed by atoms with van der Waals surface area (Å²) in [6.45, 7) is 13.2. The number of hydrogen-bond acceptors (Lipinski definition) is 4. The van der Waals surface area contributed by atoms with Gasteiger partial charge in [-0.2, -0.15) is 0 Å². The molecule has 0 aliphatic heterocycles. The largest absolute Gasteiger partial charge is 0.357 e. The summed E-state index contributed by atoms with van der Waals surface area (Å²) in [5.41, 5.74) is 1.11. The van der Waals surface area contributed by atoms with Crippen molar-refractivity contribution < 1.29 is 0 Å². The molecule has 0 amide bonds. The van der Waals surface area contributed by atoms with E-state index in [1.165, 1.54) is 11.3 Å². The van der Waals surface area contributed by atoms with Crippen LogP contribution in [0.25, 0.3) is 0 Å². The third-order valence-electron chi connectivity index (χ3n) is 3.77. The Morgan fingerprint density at radius 1 is 1.25 bits per heavy atom. The number of guanidine groups is 1. The van der Waals surface area contributed by atoms with Crippen LogP contribution in [0.15, 0.2) is 4.99 Å². The number of aryl methyl sites for hydroxylation is 2. The molecule has 24 heavy (non-hydrogen) atoms. The highest BCUT2D eigenvalue weighted by Gasteiger charge is 2.14. The van der Waals surface area contributed by atoms with Crippen molar-refractivity contribution in [2.75, 3.05) is 27.2 Å². The molecule has 0 aliphatic rings. The summed E-state index contributed by atoms with van der Waals surface area (Å²) < 4.78 is 0. The Labute approximate surface area is 168 Å². The Kier molecular flexibility index (Phi) is 11.8. The van der Waals surface area contributed by atoms with Gasteiger partial charge in [-0.15, -0.1) is 35.3 Å². The van der Waals surface area contributed by atoms with Gasteiger partial charge >= 0.3 is 0 Å². The highest BCUT2D eigenvalue weighted by molar-refractivity contribution is 14.0. The minimum Gasteiger partial charge on any atom is -0.357 e. The number of rotatable bonds is 8. The first-order valence-electron chi connectivity index (χ1n) is 8.45. The maximum Gasteiger partial charge on any atom is 0.191 e. The molecule has 1 rings (SSSR count). The van der Waals surface area contributed by atoms with Gasteiger partial charge in [-0.25, -0.2) is 9.98 Å². The van der Waals surface area contributed by atoms with Gasteiger partial charge in [0.1, 0.15) is 5.01 Å². The minimum absolute atomic E-state index is 0. The molecule has 0 radical (unpaired) electrons. The monoisotopic (exact) mass is 467 g/mol. The standard InChI is InChI=1S/C17H33N5S.HI/c1-8-18-17(19-10-15(22(6)7)9-12(2)3)20-11-16-21-13(4)14(5)23-16;/h12,15H,8-11H2,1-7H3,(H2,18,19,20);1H. The van der Waals surface area contributed by atoms with Gasteiger partial charge in [0, 0.05) is 24.0 Å². The molecular weight excluding hydrogens is 433 g/mol. The predicted octanol–water partition coefficient (Wildman–Crippen LogP) is 3.41. The van der Waals surface area contributed by atoms with E-state index in [4.69, 9.17) is 0 Å². The minimum atomic E-state index is 0. The fraction of sp³-hybridized carbons (Fsp3) is 0.765. The Bertz CT molecular complexity index is 480. The third kappa shape index (κ3) is 8.62. The van der Waals surface area contributed by atoms with Crippen LogP contribution in [0.3, 0.4) is 0 Å². The molecule has 5 nitrogen and oxygen atoms in total. The lowest BCUT2D eigenvalue weighted by molar-refractivity contribution is 0.254. The smallest absolute Gasteiger partial charge is 0.191 e. The van der Waals surface area contributed by atoms with Crippen LogP contribution in [0.4, 0.5) is 0 Å². The zero-order chi connectivity index (χ0) is 17.4. The lowest BCUT2D eigenvalue weighted by Crippen LogP contribution is -2.45. The highest BCUT2D eigenvalue weighted by atomic mass is 127. The number of hydrogen-bond donors (Lipinski definition) is 2. The molecule has 0 aliphatic carbocycles. The Morgan fingerprint density at radius 3 is 2.38 bits per heavy atom. The molecule has 0 fully saturated rings. The summed E-state index contributed by atoms with van der Waals surface area (Å²) >= 11 is 1.73. The highest BCUT2D eigenvalue weighted by Crippen LogP contribution is 2.17. The summed E-state index contributed by atoms with van der Waals surface area (Å²) in [5.74, 6) is 1.55. The van der Waals surface area contributed by atoms with Crippen LogP contribution in [0.2, 0.25) is 0 Å². The van der Waals surface area contributed by atoms with E-state index < -0.39 is 0 Å². The van der Waals surface area contributed by atoms with Crippen molar-refractivity contribution >= 4 is 41.3 Å². The van der Waals surface area contributed by atoms with E-state index in [1.54, 1.807) is 11.3 Å². The molecule has 0 aromatic carbocycles. The van der Waals surface area contributed by atoms with Gasteiger partial charge in [-0.05, 0) is 47.2 Å². The van der Waals surface area contributed by atoms with E-state index in [2.05, 4.69) is 74.2 Å². The van der Waals surface area contributed by atoms with Crippen molar-refractivity contribution in [3.05, 3.63) is 15.6 Å². The van der Waals surface area contributed by atoms with Crippen molar-refractivity contribution in [1.82, 2.24) is 20.5 Å². The molecule has 2 N–H and O–H groups in total. The molecule has 1 aromatic rings. The van der Waals surface area contributed by atoms with Crippen LogP contribution >= 0.6 is 35.3 Å². The fourth-order valence-corrected chi connectivity index (χ4v) is 3.19. The van der Waals surface area contributed by atoms with E-state index >= 15 is 0 Å². The molecule has 1 heterocycles. The van der Waals surface area contributed by atoms with Crippen LogP contribution in [0, 0.1) is 19.8 Å². The van der Waals surface area contributed by atoms with Crippen molar-refractivity contribution in [1.29, 1.82) is 0 Å². The van der Waals surface area contributed by atoms with Gasteiger partial charge in [0.2, 0.25) is 0 Å². The first-order chi connectivity index (χ1) is 10.8. The SMILES string of the molecule is CCNC(=NCc1nc(C)c(C)s1)NCC(CC(C)C)N(C)C.I. The van der Waals surface area contributed by atoms with Gasteiger partial charge in [-0.1, -0.05) is 13.8 Å². The van der Waals surface area contributed by atoms with Crippen LogP contribution in [-0.4, -0.2) is 49.1 Å². The number of nitrogens with one attached hydrogen (secondary N) is 2. The van der Waals surface area contributed by atoms with Gasteiger partial charge in [0.25, 0.3) is 0 Å². The van der Waals surface area contributed by atoms with Crippen molar-refractivity contribution in [3.63, 3.8) is 0 Å². The molecule has 0 saturated heterocycles. The Hall–Kier alpha value is -0.410. The number of nitrogens with zero attached hydrogens (tertiary/aromatic N) is 3. The van der Waals surface area contributed by atoms with Gasteiger partial charge < -0.3 is 15.5 Å². The first-order valence-corrected chi connectivity index (χ1v) is 9.26. The van der Waals surface area contributed by atoms with E-state index in [-0.39, 0.29) is 24.0 Å². The molecule has 1 atom stereocenters. The molecule has 0 saturated carbocycles. The second-order valence-electron chi connectivity index (χ2n) is 6.57. The normalized spacial score (nSPS) is 13.1. The summed E-state index contributed by atoms with van der Waals surface area (Å²) in [6.07, 6.45) is 1.17. The van der Waals surface area contributed by atoms with Crippen LogP contribution in [0.5, 0.6) is 0 Å². The summed E-state index contributed by atoms with van der Waals surface area (Å²) in [4.78, 5) is 12.8. The molecule has 1 unspecified atom stereocenters. The van der Waals surface area contributed by atoms with E-state index in [1.807, 2.05) is 0 Å². The topological polar surface area (TPSA) is 52.6 Å². The first kappa shape index (κ1) is 23.6. The number of halogens is 1. The molecule has 140 valence electrons. The molecule has 0 bridgehead atoms. The van der Waals surface area contributed by atoms with Gasteiger partial charge in [-0.3, -0.25) is 0 Å². The third-order valence-corrected chi connectivity index (χ3v) is 4.83. The zero-order valence-electron chi connectivity index (χ0n) is 16.1. The number of thiazole rings is 1. The number of aromatic nitrogens is 1. The van der Waals surface area contributed by atoms with Crippen molar-refractivity contribution in [2.24, 2.45) is 10.9 Å². The maximum absolute atomic E-state index is 4.67. The zero-order valence-corrected chi connectivity index (χ0v) is 19.3.